The molecule has 0 aliphatic carbocycles. The van der Waals surface area contributed by atoms with Crippen molar-refractivity contribution < 1.29 is 8.78 Å². The van der Waals surface area contributed by atoms with E-state index in [-0.39, 0.29) is 5.52 Å². The van der Waals surface area contributed by atoms with Gasteiger partial charge in [-0.05, 0) is 6.07 Å². The van der Waals surface area contributed by atoms with Gasteiger partial charge in [-0.1, -0.05) is 0 Å². The third kappa shape index (κ3) is 1.55. The van der Waals surface area contributed by atoms with E-state index in [4.69, 9.17) is 0 Å². The lowest BCUT2D eigenvalue weighted by molar-refractivity contribution is 0.591. The first-order valence-corrected chi connectivity index (χ1v) is 4.85. The van der Waals surface area contributed by atoms with Crippen LogP contribution in [0, 0.1) is 11.6 Å². The Labute approximate surface area is 94.1 Å². The van der Waals surface area contributed by atoms with Crippen molar-refractivity contribution in [2.75, 3.05) is 0 Å². The highest BCUT2D eigenvalue weighted by Gasteiger charge is 2.12. The number of aromatic nitrogens is 5. The van der Waals surface area contributed by atoms with Gasteiger partial charge in [-0.3, -0.25) is 0 Å². The summed E-state index contributed by atoms with van der Waals surface area (Å²) in [6, 6.07) is 1.98. The van der Waals surface area contributed by atoms with Crippen molar-refractivity contribution in [2.24, 2.45) is 7.05 Å². The Hall–Kier alpha value is -2.31. The van der Waals surface area contributed by atoms with Crippen molar-refractivity contribution in [3.05, 3.63) is 30.0 Å². The standard InChI is InChI=1S/C10H7F2N5/c1-17-13-4-8(16-17)10-14-7-3-5(11)2-6(12)9(7)15-10/h2-4H,1H3,(H,14,15). The number of rotatable bonds is 1. The molecule has 17 heavy (non-hydrogen) atoms. The highest BCUT2D eigenvalue weighted by atomic mass is 19.1. The molecular weight excluding hydrogens is 228 g/mol. The Kier molecular flexibility index (Phi) is 1.94. The van der Waals surface area contributed by atoms with Gasteiger partial charge in [-0.15, -0.1) is 0 Å². The third-order valence-electron chi connectivity index (χ3n) is 2.35. The molecule has 0 amide bonds. The van der Waals surface area contributed by atoms with Gasteiger partial charge in [0.25, 0.3) is 0 Å². The fraction of sp³-hybridized carbons (Fsp3) is 0.100. The molecule has 2 heterocycles. The third-order valence-corrected chi connectivity index (χ3v) is 2.35. The van der Waals surface area contributed by atoms with Gasteiger partial charge in [0.2, 0.25) is 0 Å². The SMILES string of the molecule is Cn1ncc(-c2nc3c(F)cc(F)cc3[nH]2)n1. The van der Waals surface area contributed by atoms with Gasteiger partial charge in [0.1, 0.15) is 17.0 Å². The number of H-pyrrole nitrogens is 1. The quantitative estimate of drug-likeness (QED) is 0.697. The molecule has 0 spiro atoms. The summed E-state index contributed by atoms with van der Waals surface area (Å²) >= 11 is 0. The van der Waals surface area contributed by atoms with Crippen LogP contribution >= 0.6 is 0 Å². The monoisotopic (exact) mass is 235 g/mol. The molecule has 2 aromatic heterocycles. The molecule has 1 N–H and O–H groups in total. The first kappa shape index (κ1) is 9.88. The van der Waals surface area contributed by atoms with Crippen LogP contribution in [0.5, 0.6) is 0 Å². The lowest BCUT2D eigenvalue weighted by Crippen LogP contribution is -1.92. The normalized spacial score (nSPS) is 11.2. The van der Waals surface area contributed by atoms with Gasteiger partial charge in [0, 0.05) is 13.1 Å². The maximum Gasteiger partial charge on any atom is 0.160 e. The summed E-state index contributed by atoms with van der Waals surface area (Å²) in [4.78, 5) is 8.18. The topological polar surface area (TPSA) is 59.4 Å². The first-order valence-electron chi connectivity index (χ1n) is 4.85. The van der Waals surface area contributed by atoms with E-state index in [1.165, 1.54) is 17.1 Å². The molecule has 7 heteroatoms. The maximum atomic E-state index is 13.4. The molecule has 0 saturated carbocycles. The molecule has 5 nitrogen and oxygen atoms in total. The molecule has 0 saturated heterocycles. The van der Waals surface area contributed by atoms with Crippen molar-refractivity contribution in [1.29, 1.82) is 0 Å². The first-order chi connectivity index (χ1) is 8.13. The second-order valence-corrected chi connectivity index (χ2v) is 3.59. The summed E-state index contributed by atoms with van der Waals surface area (Å²) in [5, 5.41) is 7.90. The Bertz CT molecular complexity index is 700. The minimum atomic E-state index is -0.702. The predicted octanol–water partition coefficient (Wildman–Crippen LogP) is 1.64. The summed E-state index contributed by atoms with van der Waals surface area (Å²) in [6.07, 6.45) is 1.49. The summed E-state index contributed by atoms with van der Waals surface area (Å²) in [5.74, 6) is -0.992. The van der Waals surface area contributed by atoms with Crippen LogP contribution < -0.4 is 0 Å². The van der Waals surface area contributed by atoms with Crippen molar-refractivity contribution >= 4 is 11.0 Å². The Balaban J connectivity index is 2.23. The second-order valence-electron chi connectivity index (χ2n) is 3.59. The molecular formula is C10H7F2N5. The van der Waals surface area contributed by atoms with E-state index < -0.39 is 11.6 Å². The number of aryl methyl sites for hydroxylation is 1. The number of benzene rings is 1. The number of hydrogen-bond acceptors (Lipinski definition) is 3. The van der Waals surface area contributed by atoms with Gasteiger partial charge in [0.15, 0.2) is 11.6 Å². The molecule has 0 fully saturated rings. The van der Waals surface area contributed by atoms with Gasteiger partial charge in [0.05, 0.1) is 11.7 Å². The van der Waals surface area contributed by atoms with Crippen LogP contribution in [0.15, 0.2) is 18.3 Å². The number of fused-ring (bicyclic) bond motifs is 1. The zero-order valence-corrected chi connectivity index (χ0v) is 8.78. The smallest absolute Gasteiger partial charge is 0.160 e. The minimum Gasteiger partial charge on any atom is -0.336 e. The molecule has 0 aliphatic heterocycles. The maximum absolute atomic E-state index is 13.4. The average Bonchev–Trinajstić information content (AvgIpc) is 2.83. The molecule has 0 bridgehead atoms. The average molecular weight is 235 g/mol. The van der Waals surface area contributed by atoms with Gasteiger partial charge in [-0.2, -0.15) is 15.0 Å². The van der Waals surface area contributed by atoms with E-state index in [0.717, 1.165) is 6.07 Å². The van der Waals surface area contributed by atoms with Crippen LogP contribution in [0.3, 0.4) is 0 Å². The van der Waals surface area contributed by atoms with Gasteiger partial charge in [-0.25, -0.2) is 13.8 Å². The summed E-state index contributed by atoms with van der Waals surface area (Å²) in [5.41, 5.74) is 0.860. The zero-order chi connectivity index (χ0) is 12.0. The van der Waals surface area contributed by atoms with E-state index >= 15 is 0 Å². The fourth-order valence-corrected chi connectivity index (χ4v) is 1.62. The lowest BCUT2D eigenvalue weighted by atomic mass is 10.3. The minimum absolute atomic E-state index is 0.0899. The zero-order valence-electron chi connectivity index (χ0n) is 8.78. The summed E-state index contributed by atoms with van der Waals surface area (Å²) in [6.45, 7) is 0. The fourth-order valence-electron chi connectivity index (χ4n) is 1.62. The van der Waals surface area contributed by atoms with Gasteiger partial charge >= 0.3 is 0 Å². The summed E-state index contributed by atoms with van der Waals surface area (Å²) in [7, 11) is 1.66. The van der Waals surface area contributed by atoms with E-state index in [0.29, 0.717) is 17.0 Å². The molecule has 3 aromatic rings. The molecule has 1 aromatic carbocycles. The molecule has 0 atom stereocenters. The van der Waals surface area contributed by atoms with E-state index in [2.05, 4.69) is 20.2 Å². The molecule has 86 valence electrons. The van der Waals surface area contributed by atoms with E-state index in [1.807, 2.05) is 0 Å². The highest BCUT2D eigenvalue weighted by molar-refractivity contribution is 5.79. The predicted molar refractivity (Wildman–Crippen MR) is 56.0 cm³/mol. The Morgan fingerprint density at radius 3 is 2.82 bits per heavy atom. The number of aromatic amines is 1. The molecule has 0 aliphatic rings. The van der Waals surface area contributed by atoms with Crippen molar-refractivity contribution in [2.45, 2.75) is 0 Å². The van der Waals surface area contributed by atoms with Crippen molar-refractivity contribution in [3.8, 4) is 11.5 Å². The number of nitrogens with zero attached hydrogens (tertiary/aromatic N) is 4. The van der Waals surface area contributed by atoms with Crippen molar-refractivity contribution in [3.63, 3.8) is 0 Å². The number of hydrogen-bond donors (Lipinski definition) is 1. The van der Waals surface area contributed by atoms with Crippen LogP contribution in [-0.4, -0.2) is 25.0 Å². The van der Waals surface area contributed by atoms with Crippen LogP contribution in [-0.2, 0) is 7.05 Å². The van der Waals surface area contributed by atoms with Crippen molar-refractivity contribution in [1.82, 2.24) is 25.0 Å². The largest absolute Gasteiger partial charge is 0.336 e. The summed E-state index contributed by atoms with van der Waals surface area (Å²) < 4.78 is 26.4. The second kappa shape index (κ2) is 3.34. The Morgan fingerprint density at radius 2 is 2.12 bits per heavy atom. The van der Waals surface area contributed by atoms with Crippen LogP contribution in [0.2, 0.25) is 0 Å². The molecule has 0 unspecified atom stereocenters. The van der Waals surface area contributed by atoms with E-state index in [1.54, 1.807) is 7.05 Å². The van der Waals surface area contributed by atoms with Crippen LogP contribution in [0.1, 0.15) is 0 Å². The Morgan fingerprint density at radius 1 is 1.29 bits per heavy atom. The van der Waals surface area contributed by atoms with Crippen LogP contribution in [0.25, 0.3) is 22.6 Å². The number of halogens is 2. The molecule has 0 radical (unpaired) electrons. The van der Waals surface area contributed by atoms with Gasteiger partial charge < -0.3 is 4.98 Å². The lowest BCUT2D eigenvalue weighted by Gasteiger charge is -1.90. The number of imidazole rings is 1. The van der Waals surface area contributed by atoms with Crippen LogP contribution in [0.4, 0.5) is 8.78 Å². The highest BCUT2D eigenvalue weighted by Crippen LogP contribution is 2.21. The van der Waals surface area contributed by atoms with E-state index in [9.17, 15) is 8.78 Å². The number of nitrogens with one attached hydrogen (secondary N) is 1. The molecule has 3 rings (SSSR count).